The number of benzene rings is 1. The van der Waals surface area contributed by atoms with E-state index in [0.29, 0.717) is 18.8 Å². The Morgan fingerprint density at radius 1 is 1.36 bits per heavy atom. The van der Waals surface area contributed by atoms with E-state index in [-0.39, 0.29) is 18.6 Å². The van der Waals surface area contributed by atoms with E-state index < -0.39 is 0 Å². The number of aromatic nitrogens is 2. The van der Waals surface area contributed by atoms with Gasteiger partial charge in [0.25, 0.3) is 5.91 Å². The van der Waals surface area contributed by atoms with Crippen molar-refractivity contribution < 1.29 is 9.53 Å². The highest BCUT2D eigenvalue weighted by Crippen LogP contribution is 2.21. The number of hydrogen-bond acceptors (Lipinski definition) is 4. The molecule has 1 aromatic carbocycles. The third kappa shape index (κ3) is 3.28. The maximum atomic E-state index is 12.3. The lowest BCUT2D eigenvalue weighted by molar-refractivity contribution is -0.136. The number of rotatable bonds is 4. The van der Waals surface area contributed by atoms with Crippen LogP contribution in [0.15, 0.2) is 42.7 Å². The van der Waals surface area contributed by atoms with Crippen LogP contribution in [0.5, 0.6) is 5.75 Å². The lowest BCUT2D eigenvalue weighted by Gasteiger charge is -2.38. The normalized spacial score (nSPS) is 19.1. The van der Waals surface area contributed by atoms with Crippen LogP contribution in [-0.2, 0) is 4.79 Å². The number of ether oxygens (including phenoxy) is 1. The van der Waals surface area contributed by atoms with E-state index in [2.05, 4.69) is 21.9 Å². The molecule has 1 saturated heterocycles. The standard InChI is InChI=1S/C16H20N4O2/c1-19-9-10-20(11-14(19)16-17-7-8-18-16)15(21)12-22-13-5-3-2-4-6-13/h2-8,14H,9-12H2,1H3,(H,17,18)/t14-/m1/s1. The summed E-state index contributed by atoms with van der Waals surface area (Å²) in [7, 11) is 2.05. The summed E-state index contributed by atoms with van der Waals surface area (Å²) in [5.41, 5.74) is 0. The van der Waals surface area contributed by atoms with Gasteiger partial charge in [-0.25, -0.2) is 4.98 Å². The molecular weight excluding hydrogens is 280 g/mol. The number of piperazine rings is 1. The molecule has 1 N–H and O–H groups in total. The molecule has 3 rings (SSSR count). The SMILES string of the molecule is CN1CCN(C(=O)COc2ccccc2)C[C@@H]1c1ncc[nH]1. The molecule has 1 aromatic heterocycles. The maximum Gasteiger partial charge on any atom is 0.260 e. The minimum Gasteiger partial charge on any atom is -0.484 e. The van der Waals surface area contributed by atoms with E-state index in [0.717, 1.165) is 12.4 Å². The van der Waals surface area contributed by atoms with Crippen molar-refractivity contribution >= 4 is 5.91 Å². The average Bonchev–Trinajstić information content (AvgIpc) is 3.08. The number of imidazole rings is 1. The van der Waals surface area contributed by atoms with Gasteiger partial charge in [0, 0.05) is 32.0 Å². The van der Waals surface area contributed by atoms with Gasteiger partial charge in [0.05, 0.1) is 6.04 Å². The number of likely N-dealkylation sites (N-methyl/N-ethyl adjacent to an activating group) is 1. The minimum atomic E-state index is 0.00788. The predicted octanol–water partition coefficient (Wildman–Crippen LogP) is 1.30. The van der Waals surface area contributed by atoms with Crippen LogP contribution >= 0.6 is 0 Å². The van der Waals surface area contributed by atoms with Gasteiger partial charge >= 0.3 is 0 Å². The molecule has 6 heteroatoms. The molecule has 0 spiro atoms. The monoisotopic (exact) mass is 300 g/mol. The first-order valence-corrected chi connectivity index (χ1v) is 7.39. The van der Waals surface area contributed by atoms with Crippen LogP contribution < -0.4 is 4.74 Å². The number of amides is 1. The molecule has 0 unspecified atom stereocenters. The molecule has 2 aromatic rings. The van der Waals surface area contributed by atoms with Gasteiger partial charge in [-0.2, -0.15) is 0 Å². The molecule has 6 nitrogen and oxygen atoms in total. The van der Waals surface area contributed by atoms with Crippen molar-refractivity contribution in [2.75, 3.05) is 33.3 Å². The summed E-state index contributed by atoms with van der Waals surface area (Å²) >= 11 is 0. The van der Waals surface area contributed by atoms with Crippen LogP contribution in [-0.4, -0.2) is 59.0 Å². The molecule has 1 aliphatic heterocycles. The Morgan fingerprint density at radius 2 is 2.18 bits per heavy atom. The van der Waals surface area contributed by atoms with Crippen LogP contribution in [0.3, 0.4) is 0 Å². The number of hydrogen-bond donors (Lipinski definition) is 1. The van der Waals surface area contributed by atoms with E-state index >= 15 is 0 Å². The fraction of sp³-hybridized carbons (Fsp3) is 0.375. The largest absolute Gasteiger partial charge is 0.484 e. The number of aromatic amines is 1. The molecular formula is C16H20N4O2. The van der Waals surface area contributed by atoms with Crippen LogP contribution in [0, 0.1) is 0 Å². The molecule has 22 heavy (non-hydrogen) atoms. The van der Waals surface area contributed by atoms with E-state index in [1.165, 1.54) is 0 Å². The summed E-state index contributed by atoms with van der Waals surface area (Å²) in [5, 5.41) is 0. The number of nitrogens with zero attached hydrogens (tertiary/aromatic N) is 3. The molecule has 1 amide bonds. The van der Waals surface area contributed by atoms with Crippen molar-refractivity contribution in [3.8, 4) is 5.75 Å². The Balaban J connectivity index is 1.58. The molecule has 0 aliphatic carbocycles. The molecule has 1 aliphatic rings. The van der Waals surface area contributed by atoms with Gasteiger partial charge in [-0.15, -0.1) is 0 Å². The van der Waals surface area contributed by atoms with Crippen LogP contribution in [0.1, 0.15) is 11.9 Å². The highest BCUT2D eigenvalue weighted by molar-refractivity contribution is 5.78. The third-order valence-electron chi connectivity index (χ3n) is 3.94. The summed E-state index contributed by atoms with van der Waals surface area (Å²) in [6.45, 7) is 2.23. The molecule has 0 bridgehead atoms. The number of carbonyl (C=O) groups excluding carboxylic acids is 1. The van der Waals surface area contributed by atoms with Crippen LogP contribution in [0.2, 0.25) is 0 Å². The lowest BCUT2D eigenvalue weighted by atomic mass is 10.1. The smallest absolute Gasteiger partial charge is 0.260 e. The third-order valence-corrected chi connectivity index (χ3v) is 3.94. The summed E-state index contributed by atoms with van der Waals surface area (Å²) in [6.07, 6.45) is 3.55. The zero-order valence-electron chi connectivity index (χ0n) is 12.6. The molecule has 1 atom stereocenters. The second-order valence-corrected chi connectivity index (χ2v) is 5.41. The molecule has 2 heterocycles. The quantitative estimate of drug-likeness (QED) is 0.924. The highest BCUT2D eigenvalue weighted by Gasteiger charge is 2.29. The Bertz CT molecular complexity index is 600. The number of nitrogens with one attached hydrogen (secondary N) is 1. The van der Waals surface area contributed by atoms with Gasteiger partial charge in [-0.05, 0) is 19.2 Å². The molecule has 0 saturated carbocycles. The minimum absolute atomic E-state index is 0.00788. The fourth-order valence-electron chi connectivity index (χ4n) is 2.61. The van der Waals surface area contributed by atoms with Crippen molar-refractivity contribution in [1.29, 1.82) is 0 Å². The number of H-pyrrole nitrogens is 1. The van der Waals surface area contributed by atoms with E-state index in [1.54, 1.807) is 6.20 Å². The Morgan fingerprint density at radius 3 is 2.91 bits per heavy atom. The highest BCUT2D eigenvalue weighted by atomic mass is 16.5. The number of carbonyl (C=O) groups is 1. The second-order valence-electron chi connectivity index (χ2n) is 5.41. The van der Waals surface area contributed by atoms with Crippen LogP contribution in [0.4, 0.5) is 0 Å². The fourth-order valence-corrected chi connectivity index (χ4v) is 2.61. The average molecular weight is 300 g/mol. The zero-order valence-corrected chi connectivity index (χ0v) is 12.6. The van der Waals surface area contributed by atoms with E-state index in [4.69, 9.17) is 4.74 Å². The van der Waals surface area contributed by atoms with Gasteiger partial charge in [-0.3, -0.25) is 9.69 Å². The van der Waals surface area contributed by atoms with Gasteiger partial charge in [-0.1, -0.05) is 18.2 Å². The van der Waals surface area contributed by atoms with Crippen LogP contribution in [0.25, 0.3) is 0 Å². The maximum absolute atomic E-state index is 12.3. The molecule has 1 fully saturated rings. The van der Waals surface area contributed by atoms with Crippen molar-refractivity contribution in [2.45, 2.75) is 6.04 Å². The summed E-state index contributed by atoms with van der Waals surface area (Å²) in [5.74, 6) is 1.62. The Hall–Kier alpha value is -2.34. The second kappa shape index (κ2) is 6.62. The van der Waals surface area contributed by atoms with Crippen molar-refractivity contribution in [1.82, 2.24) is 19.8 Å². The first-order chi connectivity index (χ1) is 10.7. The number of para-hydroxylation sites is 1. The van der Waals surface area contributed by atoms with Crippen molar-refractivity contribution in [3.05, 3.63) is 48.5 Å². The van der Waals surface area contributed by atoms with Gasteiger partial charge in [0.2, 0.25) is 0 Å². The first kappa shape index (κ1) is 14.6. The predicted molar refractivity (Wildman–Crippen MR) is 82.5 cm³/mol. The van der Waals surface area contributed by atoms with Gasteiger partial charge < -0.3 is 14.6 Å². The summed E-state index contributed by atoms with van der Waals surface area (Å²) in [6, 6.07) is 9.50. The zero-order chi connectivity index (χ0) is 15.4. The van der Waals surface area contributed by atoms with Crippen molar-refractivity contribution in [3.63, 3.8) is 0 Å². The van der Waals surface area contributed by atoms with Gasteiger partial charge in [0.1, 0.15) is 11.6 Å². The Kier molecular flexibility index (Phi) is 4.39. The summed E-state index contributed by atoms with van der Waals surface area (Å²) < 4.78 is 5.55. The Labute approximate surface area is 129 Å². The molecule has 0 radical (unpaired) electrons. The van der Waals surface area contributed by atoms with E-state index in [9.17, 15) is 4.79 Å². The lowest BCUT2D eigenvalue weighted by Crippen LogP contribution is -2.50. The topological polar surface area (TPSA) is 61.5 Å². The van der Waals surface area contributed by atoms with Crippen molar-refractivity contribution in [2.24, 2.45) is 0 Å². The van der Waals surface area contributed by atoms with E-state index in [1.807, 2.05) is 41.4 Å². The molecule has 116 valence electrons. The summed E-state index contributed by atoms with van der Waals surface area (Å²) in [4.78, 5) is 23.8. The van der Waals surface area contributed by atoms with Gasteiger partial charge in [0.15, 0.2) is 6.61 Å². The first-order valence-electron chi connectivity index (χ1n) is 7.39.